The highest BCUT2D eigenvalue weighted by Gasteiger charge is 2.44. The van der Waals surface area contributed by atoms with Crippen molar-refractivity contribution in [3.8, 4) is 0 Å². The number of carbonyl (C=O) groups is 1. The largest absolute Gasteiger partial charge is 0.481 e. The van der Waals surface area contributed by atoms with Gasteiger partial charge in [0.05, 0.1) is 5.92 Å². The minimum atomic E-state index is -0.783. The molecule has 1 aromatic rings. The summed E-state index contributed by atoms with van der Waals surface area (Å²) in [5, 5.41) is 8.66. The quantitative estimate of drug-likeness (QED) is 0.755. The number of hydrogen-bond donors (Lipinski definition) is 1. The third kappa shape index (κ3) is 1.54. The molecule has 13 heavy (non-hydrogen) atoms. The first-order valence-corrected chi connectivity index (χ1v) is 4.17. The van der Waals surface area contributed by atoms with Crippen molar-refractivity contribution in [2.24, 2.45) is 5.92 Å². The van der Waals surface area contributed by atoms with Crippen molar-refractivity contribution in [3.05, 3.63) is 35.6 Å². The summed E-state index contributed by atoms with van der Waals surface area (Å²) < 4.78 is 12.7. The summed E-state index contributed by atoms with van der Waals surface area (Å²) in [5.74, 6) is -1.36. The highest BCUT2D eigenvalue weighted by molar-refractivity contribution is 5.75. The molecule has 0 aliphatic heterocycles. The van der Waals surface area contributed by atoms with Crippen molar-refractivity contribution in [2.45, 2.75) is 12.3 Å². The molecule has 0 spiro atoms. The standard InChI is InChI=1S/C10H9FO2/c11-7-3-1-2-6(4-7)8-5-9(8)10(12)13/h1-4,8-9H,5H2,(H,12,13)/t8?,9-/m0/s1. The summed E-state index contributed by atoms with van der Waals surface area (Å²) in [7, 11) is 0. The zero-order chi connectivity index (χ0) is 9.42. The van der Waals surface area contributed by atoms with E-state index in [-0.39, 0.29) is 17.7 Å². The first-order chi connectivity index (χ1) is 6.18. The lowest BCUT2D eigenvalue weighted by molar-refractivity contribution is -0.138. The van der Waals surface area contributed by atoms with Crippen LogP contribution in [0.4, 0.5) is 4.39 Å². The second-order valence-corrected chi connectivity index (χ2v) is 3.34. The number of rotatable bonds is 2. The number of carboxylic acid groups (broad SMARTS) is 1. The SMILES string of the molecule is O=C(O)[C@H]1CC1c1cccc(F)c1. The lowest BCUT2D eigenvalue weighted by atomic mass is 10.1. The van der Waals surface area contributed by atoms with Crippen LogP contribution in [0.25, 0.3) is 0 Å². The minimum absolute atomic E-state index is 0.0215. The van der Waals surface area contributed by atoms with Crippen LogP contribution in [0.5, 0.6) is 0 Å². The molecule has 1 aliphatic rings. The predicted octanol–water partition coefficient (Wildman–Crippen LogP) is 2.01. The lowest BCUT2D eigenvalue weighted by Crippen LogP contribution is -1.98. The molecular weight excluding hydrogens is 171 g/mol. The summed E-state index contributed by atoms with van der Waals surface area (Å²) in [6, 6.07) is 6.16. The Bertz CT molecular complexity index is 349. The van der Waals surface area contributed by atoms with Crippen LogP contribution in [0.1, 0.15) is 17.9 Å². The molecule has 0 heterocycles. The summed E-state index contributed by atoms with van der Waals surface area (Å²) in [6.45, 7) is 0. The van der Waals surface area contributed by atoms with Gasteiger partial charge in [0, 0.05) is 0 Å². The van der Waals surface area contributed by atoms with E-state index in [1.807, 2.05) is 0 Å². The molecule has 2 atom stereocenters. The summed E-state index contributed by atoms with van der Waals surface area (Å²) >= 11 is 0. The van der Waals surface area contributed by atoms with Gasteiger partial charge in [0.1, 0.15) is 5.82 Å². The average molecular weight is 180 g/mol. The molecule has 1 fully saturated rings. The number of halogens is 1. The Morgan fingerprint density at radius 3 is 2.85 bits per heavy atom. The Hall–Kier alpha value is -1.38. The normalized spacial score (nSPS) is 25.6. The zero-order valence-electron chi connectivity index (χ0n) is 6.90. The van der Waals surface area contributed by atoms with Gasteiger partial charge in [-0.15, -0.1) is 0 Å². The van der Waals surface area contributed by atoms with Crippen molar-refractivity contribution in [2.75, 3.05) is 0 Å². The van der Waals surface area contributed by atoms with E-state index in [0.717, 1.165) is 5.56 Å². The second kappa shape index (κ2) is 2.83. The molecule has 0 bridgehead atoms. The van der Waals surface area contributed by atoms with Gasteiger partial charge in [-0.25, -0.2) is 4.39 Å². The van der Waals surface area contributed by atoms with Crippen LogP contribution in [0.2, 0.25) is 0 Å². The van der Waals surface area contributed by atoms with Gasteiger partial charge in [0.15, 0.2) is 0 Å². The van der Waals surface area contributed by atoms with E-state index in [1.165, 1.54) is 12.1 Å². The van der Waals surface area contributed by atoms with Gasteiger partial charge in [0.2, 0.25) is 0 Å². The smallest absolute Gasteiger partial charge is 0.307 e. The van der Waals surface area contributed by atoms with Gasteiger partial charge < -0.3 is 5.11 Å². The maximum Gasteiger partial charge on any atom is 0.307 e. The molecule has 3 heteroatoms. The van der Waals surface area contributed by atoms with Gasteiger partial charge >= 0.3 is 5.97 Å². The van der Waals surface area contributed by atoms with Crippen molar-refractivity contribution < 1.29 is 14.3 Å². The third-order valence-electron chi connectivity index (χ3n) is 2.38. The van der Waals surface area contributed by atoms with E-state index in [1.54, 1.807) is 12.1 Å². The van der Waals surface area contributed by atoms with Gasteiger partial charge in [-0.05, 0) is 30.0 Å². The van der Waals surface area contributed by atoms with Crippen molar-refractivity contribution in [1.29, 1.82) is 0 Å². The third-order valence-corrected chi connectivity index (χ3v) is 2.38. The fourth-order valence-electron chi connectivity index (χ4n) is 1.57. The molecule has 0 radical (unpaired) electrons. The van der Waals surface area contributed by atoms with Crippen LogP contribution in [-0.2, 0) is 4.79 Å². The Kier molecular flexibility index (Phi) is 1.79. The Morgan fingerprint density at radius 1 is 1.54 bits per heavy atom. The molecule has 68 valence electrons. The maximum atomic E-state index is 12.7. The summed E-state index contributed by atoms with van der Waals surface area (Å²) in [4.78, 5) is 10.5. The Balaban J connectivity index is 2.16. The molecular formula is C10H9FO2. The zero-order valence-corrected chi connectivity index (χ0v) is 6.90. The fourth-order valence-corrected chi connectivity index (χ4v) is 1.57. The van der Waals surface area contributed by atoms with Crippen molar-refractivity contribution >= 4 is 5.97 Å². The fraction of sp³-hybridized carbons (Fsp3) is 0.300. The number of hydrogen-bond acceptors (Lipinski definition) is 1. The van der Waals surface area contributed by atoms with Crippen LogP contribution < -0.4 is 0 Å². The van der Waals surface area contributed by atoms with Crippen LogP contribution in [0.15, 0.2) is 24.3 Å². The molecule has 2 nitrogen and oxygen atoms in total. The molecule has 0 aromatic heterocycles. The molecule has 2 rings (SSSR count). The van der Waals surface area contributed by atoms with E-state index in [0.29, 0.717) is 6.42 Å². The number of carboxylic acids is 1. The molecule has 1 aliphatic carbocycles. The van der Waals surface area contributed by atoms with Crippen LogP contribution in [0, 0.1) is 11.7 Å². The van der Waals surface area contributed by atoms with Gasteiger partial charge in [-0.2, -0.15) is 0 Å². The molecule has 1 saturated carbocycles. The number of aliphatic carboxylic acids is 1. The highest BCUT2D eigenvalue weighted by Crippen LogP contribution is 2.47. The molecule has 1 aromatic carbocycles. The molecule has 0 saturated heterocycles. The first-order valence-electron chi connectivity index (χ1n) is 4.17. The van der Waals surface area contributed by atoms with Crippen LogP contribution in [-0.4, -0.2) is 11.1 Å². The van der Waals surface area contributed by atoms with E-state index < -0.39 is 5.97 Å². The predicted molar refractivity (Wildman–Crippen MR) is 44.9 cm³/mol. The van der Waals surface area contributed by atoms with Gasteiger partial charge in [-0.3, -0.25) is 4.79 Å². The maximum absolute atomic E-state index is 12.7. The average Bonchev–Trinajstić information content (AvgIpc) is 2.82. The van der Waals surface area contributed by atoms with E-state index >= 15 is 0 Å². The van der Waals surface area contributed by atoms with Crippen LogP contribution in [0.3, 0.4) is 0 Å². The van der Waals surface area contributed by atoms with E-state index in [2.05, 4.69) is 0 Å². The first kappa shape index (κ1) is 8.23. The summed E-state index contributed by atoms with van der Waals surface area (Å²) in [5.41, 5.74) is 0.799. The molecule has 0 amide bonds. The van der Waals surface area contributed by atoms with Gasteiger partial charge in [-0.1, -0.05) is 12.1 Å². The minimum Gasteiger partial charge on any atom is -0.481 e. The van der Waals surface area contributed by atoms with E-state index in [9.17, 15) is 9.18 Å². The Morgan fingerprint density at radius 2 is 2.31 bits per heavy atom. The number of benzene rings is 1. The monoisotopic (exact) mass is 180 g/mol. The summed E-state index contributed by atoms with van der Waals surface area (Å²) in [6.07, 6.45) is 0.638. The van der Waals surface area contributed by atoms with Crippen LogP contribution >= 0.6 is 0 Å². The lowest BCUT2D eigenvalue weighted by Gasteiger charge is -1.97. The highest BCUT2D eigenvalue weighted by atomic mass is 19.1. The van der Waals surface area contributed by atoms with Gasteiger partial charge in [0.25, 0.3) is 0 Å². The van der Waals surface area contributed by atoms with E-state index in [4.69, 9.17) is 5.11 Å². The molecule has 1 N–H and O–H groups in total. The Labute approximate surface area is 75.0 Å². The topological polar surface area (TPSA) is 37.3 Å². The molecule has 1 unspecified atom stereocenters. The van der Waals surface area contributed by atoms with Crippen molar-refractivity contribution in [1.82, 2.24) is 0 Å². The second-order valence-electron chi connectivity index (χ2n) is 3.34. The van der Waals surface area contributed by atoms with Crippen molar-refractivity contribution in [3.63, 3.8) is 0 Å².